The normalized spacial score (nSPS) is 18.6. The number of nitrogens with zero attached hydrogens (tertiary/aromatic N) is 1. The topological polar surface area (TPSA) is 57.8 Å². The Kier molecular flexibility index (Phi) is 2.40. The number of nitrogens with one attached hydrogen (secondary N) is 2. The number of Topliss-reactive ketones (excluding diaryl/α,β-unsaturated/α-hetero) is 1. The number of anilines is 1. The van der Waals surface area contributed by atoms with Crippen molar-refractivity contribution in [2.75, 3.05) is 5.32 Å². The third-order valence-electron chi connectivity index (χ3n) is 3.08. The number of imidazole rings is 1. The van der Waals surface area contributed by atoms with Gasteiger partial charge in [0.1, 0.15) is 0 Å². The summed E-state index contributed by atoms with van der Waals surface area (Å²) in [5.74, 6) is 0.235. The second-order valence-corrected chi connectivity index (χ2v) is 4.28. The van der Waals surface area contributed by atoms with Crippen molar-refractivity contribution in [2.45, 2.75) is 18.9 Å². The summed E-state index contributed by atoms with van der Waals surface area (Å²) in [4.78, 5) is 19.0. The first-order valence-corrected chi connectivity index (χ1v) is 5.67. The molecule has 1 aliphatic rings. The molecule has 2 aromatic rings. The molecule has 86 valence electrons. The highest BCUT2D eigenvalue weighted by atomic mass is 16.1. The summed E-state index contributed by atoms with van der Waals surface area (Å²) in [6.45, 7) is 0. The Balaban J connectivity index is 1.82. The fourth-order valence-electron chi connectivity index (χ4n) is 2.18. The molecule has 1 aliphatic heterocycles. The van der Waals surface area contributed by atoms with E-state index in [0.29, 0.717) is 12.8 Å². The van der Waals surface area contributed by atoms with Crippen molar-refractivity contribution in [1.29, 1.82) is 0 Å². The molecule has 2 N–H and O–H groups in total. The van der Waals surface area contributed by atoms with E-state index in [1.54, 1.807) is 12.5 Å². The van der Waals surface area contributed by atoms with Crippen molar-refractivity contribution in [3.8, 4) is 0 Å². The van der Waals surface area contributed by atoms with Gasteiger partial charge in [0.2, 0.25) is 0 Å². The molecule has 1 atom stereocenters. The van der Waals surface area contributed by atoms with Crippen LogP contribution in [0.15, 0.2) is 36.8 Å². The Morgan fingerprint density at radius 1 is 1.35 bits per heavy atom. The number of carbonyl (C=O) groups excluding carboxylic acids is 1. The fraction of sp³-hybridized carbons (Fsp3) is 0.231. The van der Waals surface area contributed by atoms with E-state index >= 15 is 0 Å². The van der Waals surface area contributed by atoms with Crippen LogP contribution in [0.4, 0.5) is 5.69 Å². The molecule has 0 saturated heterocycles. The van der Waals surface area contributed by atoms with E-state index in [0.717, 1.165) is 16.9 Å². The molecule has 4 nitrogen and oxygen atoms in total. The van der Waals surface area contributed by atoms with Gasteiger partial charge in [-0.05, 0) is 11.6 Å². The molecule has 0 aliphatic carbocycles. The quantitative estimate of drug-likeness (QED) is 0.818. The smallest absolute Gasteiger partial charge is 0.159 e. The number of carbonyl (C=O) groups is 1. The Hall–Kier alpha value is -2.10. The van der Waals surface area contributed by atoms with Crippen LogP contribution in [-0.4, -0.2) is 21.8 Å². The van der Waals surface area contributed by atoms with E-state index in [4.69, 9.17) is 0 Å². The number of aromatic nitrogens is 2. The van der Waals surface area contributed by atoms with Crippen LogP contribution in [0.3, 0.4) is 0 Å². The van der Waals surface area contributed by atoms with Gasteiger partial charge in [0.15, 0.2) is 5.78 Å². The van der Waals surface area contributed by atoms with Crippen molar-refractivity contribution in [3.63, 3.8) is 0 Å². The summed E-state index contributed by atoms with van der Waals surface area (Å²) in [5, 5.41) is 3.29. The number of aromatic amines is 1. The summed E-state index contributed by atoms with van der Waals surface area (Å²) < 4.78 is 0. The van der Waals surface area contributed by atoms with Gasteiger partial charge in [0.25, 0.3) is 0 Å². The maximum Gasteiger partial charge on any atom is 0.159 e. The van der Waals surface area contributed by atoms with Crippen LogP contribution >= 0.6 is 0 Å². The van der Waals surface area contributed by atoms with Crippen LogP contribution < -0.4 is 5.32 Å². The van der Waals surface area contributed by atoms with Gasteiger partial charge in [-0.25, -0.2) is 4.98 Å². The monoisotopic (exact) mass is 227 g/mol. The van der Waals surface area contributed by atoms with Gasteiger partial charge in [-0.1, -0.05) is 18.2 Å². The molecule has 1 aromatic heterocycles. The fourth-order valence-corrected chi connectivity index (χ4v) is 2.18. The van der Waals surface area contributed by atoms with Gasteiger partial charge >= 0.3 is 0 Å². The molecule has 17 heavy (non-hydrogen) atoms. The molecule has 3 rings (SSSR count). The summed E-state index contributed by atoms with van der Waals surface area (Å²) >= 11 is 0. The molecule has 0 fully saturated rings. The zero-order valence-corrected chi connectivity index (χ0v) is 9.31. The minimum absolute atomic E-state index is 0.148. The molecule has 1 aromatic carbocycles. The molecule has 4 heteroatoms. The van der Waals surface area contributed by atoms with Gasteiger partial charge in [-0.3, -0.25) is 4.79 Å². The first kappa shape index (κ1) is 10.1. The lowest BCUT2D eigenvalue weighted by atomic mass is 9.94. The van der Waals surface area contributed by atoms with Crippen molar-refractivity contribution in [1.82, 2.24) is 9.97 Å². The predicted molar refractivity (Wildman–Crippen MR) is 64.9 cm³/mol. The Morgan fingerprint density at radius 2 is 2.24 bits per heavy atom. The standard InChI is InChI=1S/C13H13N3O/c17-13-5-9-3-1-2-4-11(9)16-12(13)6-10-7-14-8-15-10/h1-4,7-8,12,16H,5-6H2,(H,14,15)/t12-/m0/s1. The largest absolute Gasteiger partial charge is 0.375 e. The minimum atomic E-state index is -0.148. The maximum atomic E-state index is 12.0. The van der Waals surface area contributed by atoms with E-state index in [2.05, 4.69) is 15.3 Å². The Bertz CT molecular complexity index is 533. The first-order valence-electron chi connectivity index (χ1n) is 5.67. The van der Waals surface area contributed by atoms with Gasteiger partial charge in [-0.15, -0.1) is 0 Å². The lowest BCUT2D eigenvalue weighted by molar-refractivity contribution is -0.119. The van der Waals surface area contributed by atoms with Crippen LogP contribution in [0.1, 0.15) is 11.3 Å². The lowest BCUT2D eigenvalue weighted by Gasteiger charge is -2.25. The van der Waals surface area contributed by atoms with Crippen LogP contribution in [0.25, 0.3) is 0 Å². The zero-order chi connectivity index (χ0) is 11.7. The van der Waals surface area contributed by atoms with Crippen molar-refractivity contribution in [3.05, 3.63) is 48.0 Å². The van der Waals surface area contributed by atoms with Gasteiger partial charge in [0, 0.05) is 30.4 Å². The van der Waals surface area contributed by atoms with Crippen LogP contribution in [-0.2, 0) is 17.6 Å². The number of hydrogen-bond donors (Lipinski definition) is 2. The van der Waals surface area contributed by atoms with Gasteiger partial charge < -0.3 is 10.3 Å². The summed E-state index contributed by atoms with van der Waals surface area (Å²) in [5.41, 5.74) is 3.13. The molecule has 2 heterocycles. The van der Waals surface area contributed by atoms with E-state index in [-0.39, 0.29) is 11.8 Å². The molecular formula is C13H13N3O. The molecular weight excluding hydrogens is 214 g/mol. The number of para-hydroxylation sites is 1. The number of benzene rings is 1. The van der Waals surface area contributed by atoms with Gasteiger partial charge in [0.05, 0.1) is 12.4 Å². The van der Waals surface area contributed by atoms with Crippen LogP contribution in [0.5, 0.6) is 0 Å². The SMILES string of the molecule is O=C1Cc2ccccc2N[C@H]1Cc1cnc[nH]1. The Morgan fingerprint density at radius 3 is 3.06 bits per heavy atom. The maximum absolute atomic E-state index is 12.0. The second kappa shape index (κ2) is 4.05. The lowest BCUT2D eigenvalue weighted by Crippen LogP contribution is -2.37. The van der Waals surface area contributed by atoms with Crippen LogP contribution in [0, 0.1) is 0 Å². The molecule has 0 saturated carbocycles. The number of hydrogen-bond acceptors (Lipinski definition) is 3. The summed E-state index contributed by atoms with van der Waals surface area (Å²) in [6, 6.07) is 7.80. The number of fused-ring (bicyclic) bond motifs is 1. The number of H-pyrrole nitrogens is 1. The van der Waals surface area contributed by atoms with E-state index in [1.165, 1.54) is 0 Å². The van der Waals surface area contributed by atoms with Gasteiger partial charge in [-0.2, -0.15) is 0 Å². The van der Waals surface area contributed by atoms with Crippen LogP contribution in [0.2, 0.25) is 0 Å². The average molecular weight is 227 g/mol. The zero-order valence-electron chi connectivity index (χ0n) is 9.31. The molecule has 0 unspecified atom stereocenters. The summed E-state index contributed by atoms with van der Waals surface area (Å²) in [6.07, 6.45) is 4.57. The number of rotatable bonds is 2. The number of ketones is 1. The highest BCUT2D eigenvalue weighted by Crippen LogP contribution is 2.23. The highest BCUT2D eigenvalue weighted by molar-refractivity contribution is 5.92. The van der Waals surface area contributed by atoms with E-state index in [1.807, 2.05) is 24.3 Å². The van der Waals surface area contributed by atoms with Crippen molar-refractivity contribution in [2.24, 2.45) is 0 Å². The predicted octanol–water partition coefficient (Wildman–Crippen LogP) is 1.56. The van der Waals surface area contributed by atoms with Crippen molar-refractivity contribution < 1.29 is 4.79 Å². The highest BCUT2D eigenvalue weighted by Gasteiger charge is 2.25. The molecule has 0 amide bonds. The molecule has 0 spiro atoms. The third-order valence-corrected chi connectivity index (χ3v) is 3.08. The van der Waals surface area contributed by atoms with Crippen molar-refractivity contribution >= 4 is 11.5 Å². The molecule has 0 radical (unpaired) electrons. The summed E-state index contributed by atoms with van der Waals surface area (Å²) in [7, 11) is 0. The second-order valence-electron chi connectivity index (χ2n) is 4.28. The Labute approximate surface area is 99.1 Å². The minimum Gasteiger partial charge on any atom is -0.375 e. The molecule has 0 bridgehead atoms. The third kappa shape index (κ3) is 1.93. The average Bonchev–Trinajstić information content (AvgIpc) is 2.83. The van der Waals surface area contributed by atoms with E-state index in [9.17, 15) is 4.79 Å². The first-order chi connectivity index (χ1) is 8.33. The van der Waals surface area contributed by atoms with E-state index < -0.39 is 0 Å².